The second-order valence-corrected chi connectivity index (χ2v) is 12.0. The lowest BCUT2D eigenvalue weighted by molar-refractivity contribution is -0.131. The van der Waals surface area contributed by atoms with Crippen molar-refractivity contribution in [3.8, 4) is 11.3 Å². The monoisotopic (exact) mass is 659 g/mol. The largest absolute Gasteiger partial charge is 0.326 e. The van der Waals surface area contributed by atoms with Crippen molar-refractivity contribution in [1.29, 1.82) is 0 Å². The summed E-state index contributed by atoms with van der Waals surface area (Å²) in [6, 6.07) is 16.8. The summed E-state index contributed by atoms with van der Waals surface area (Å²) in [5.41, 5.74) is 1.54. The number of hydrogen-bond acceptors (Lipinski definition) is 6. The molecule has 1 saturated carbocycles. The van der Waals surface area contributed by atoms with Gasteiger partial charge in [-0.1, -0.05) is 22.0 Å². The van der Waals surface area contributed by atoms with Crippen LogP contribution in [-0.2, 0) is 9.59 Å². The Morgan fingerprint density at radius 2 is 1.59 bits per heavy atom. The summed E-state index contributed by atoms with van der Waals surface area (Å²) in [7, 11) is 0. The highest BCUT2D eigenvalue weighted by molar-refractivity contribution is 9.10. The number of amides is 2. The van der Waals surface area contributed by atoms with Crippen molar-refractivity contribution >= 4 is 61.8 Å². The second-order valence-electron chi connectivity index (χ2n) is 11.0. The molecule has 0 aliphatic heterocycles. The molecule has 1 aliphatic carbocycles. The molecule has 0 radical (unpaired) electrons. The van der Waals surface area contributed by atoms with Crippen LogP contribution in [0.2, 0.25) is 0 Å². The summed E-state index contributed by atoms with van der Waals surface area (Å²) < 4.78 is 32.6. The number of fused-ring (bicyclic) bond motifs is 1. The molecule has 2 heterocycles. The molecule has 9 nitrogen and oxygen atoms in total. The van der Waals surface area contributed by atoms with Gasteiger partial charge >= 0.3 is 0 Å². The number of hydrogen-bond donors (Lipinski definition) is 3. The summed E-state index contributed by atoms with van der Waals surface area (Å²) in [4.78, 5) is 38.7. The first kappa shape index (κ1) is 29.4. The van der Waals surface area contributed by atoms with Crippen molar-refractivity contribution in [1.82, 2.24) is 19.5 Å². The maximum atomic E-state index is 15.0. The van der Waals surface area contributed by atoms with Gasteiger partial charge in [0.05, 0.1) is 11.7 Å². The lowest BCUT2D eigenvalue weighted by Crippen LogP contribution is -2.35. The standard InChI is InChI=1S/C32H28BrF2N7O2/c1-17(2)42-18(3)37-28-24(34)13-19(14-26(28)42)27-25(35)16-36-31(41-27)40-22-9-7-21(8-10-22)38-29(43)32(11-12-32)30(44)39-23-6-4-5-20(33)15-23/h4-10,13-17H,11-12H2,1-3H3,(H,38,43)(H,39,44)(H,36,40,41). The topological polar surface area (TPSA) is 114 Å². The molecular formula is C32H28BrF2N7O2. The molecule has 2 aromatic heterocycles. The van der Waals surface area contributed by atoms with Crippen molar-refractivity contribution < 1.29 is 18.4 Å². The number of halogens is 3. The highest BCUT2D eigenvalue weighted by Gasteiger charge is 2.56. The lowest BCUT2D eigenvalue weighted by atomic mass is 10.0. The predicted octanol–water partition coefficient (Wildman–Crippen LogP) is 7.52. The average molecular weight is 661 g/mol. The number of aromatic nitrogens is 4. The third-order valence-corrected chi connectivity index (χ3v) is 8.05. The minimum absolute atomic E-state index is 0.0267. The number of rotatable bonds is 8. The smallest absolute Gasteiger partial charge is 0.240 e. The Morgan fingerprint density at radius 1 is 0.909 bits per heavy atom. The number of nitrogens with zero attached hydrogens (tertiary/aromatic N) is 4. The van der Waals surface area contributed by atoms with Crippen molar-refractivity contribution in [3.05, 3.63) is 88.8 Å². The van der Waals surface area contributed by atoms with Crippen LogP contribution < -0.4 is 16.0 Å². The molecule has 224 valence electrons. The van der Waals surface area contributed by atoms with E-state index in [1.54, 1.807) is 55.5 Å². The maximum Gasteiger partial charge on any atom is 0.240 e. The lowest BCUT2D eigenvalue weighted by Gasteiger charge is -2.16. The molecule has 0 atom stereocenters. The second kappa shape index (κ2) is 11.4. The van der Waals surface area contributed by atoms with Gasteiger partial charge < -0.3 is 20.5 Å². The molecule has 1 fully saturated rings. The van der Waals surface area contributed by atoms with E-state index in [9.17, 15) is 14.0 Å². The minimum Gasteiger partial charge on any atom is -0.326 e. The van der Waals surface area contributed by atoms with E-state index in [1.165, 1.54) is 6.07 Å². The van der Waals surface area contributed by atoms with Crippen LogP contribution in [0.5, 0.6) is 0 Å². The molecule has 3 N–H and O–H groups in total. The summed E-state index contributed by atoms with van der Waals surface area (Å²) in [5.74, 6) is -1.23. The Labute approximate surface area is 260 Å². The Kier molecular flexibility index (Phi) is 7.62. The van der Waals surface area contributed by atoms with Gasteiger partial charge in [0, 0.05) is 33.1 Å². The Hall–Kier alpha value is -4.71. The van der Waals surface area contributed by atoms with Gasteiger partial charge in [0.25, 0.3) is 0 Å². The molecule has 3 aromatic carbocycles. The predicted molar refractivity (Wildman–Crippen MR) is 169 cm³/mol. The summed E-state index contributed by atoms with van der Waals surface area (Å²) in [5, 5.41) is 8.67. The molecule has 12 heteroatoms. The number of anilines is 4. The van der Waals surface area contributed by atoms with Crippen LogP contribution in [0.25, 0.3) is 22.3 Å². The zero-order valence-electron chi connectivity index (χ0n) is 24.1. The summed E-state index contributed by atoms with van der Waals surface area (Å²) in [6.07, 6.45) is 1.94. The first-order chi connectivity index (χ1) is 21.0. The molecule has 0 unspecified atom stereocenters. The molecule has 44 heavy (non-hydrogen) atoms. The summed E-state index contributed by atoms with van der Waals surface area (Å²) >= 11 is 3.38. The summed E-state index contributed by atoms with van der Waals surface area (Å²) in [6.45, 7) is 5.73. The van der Waals surface area contributed by atoms with Gasteiger partial charge in [0.15, 0.2) is 11.6 Å². The van der Waals surface area contributed by atoms with Crippen molar-refractivity contribution in [2.45, 2.75) is 39.7 Å². The van der Waals surface area contributed by atoms with Crippen LogP contribution in [0.15, 0.2) is 71.3 Å². The number of carbonyl (C=O) groups is 2. The van der Waals surface area contributed by atoms with Gasteiger partial charge in [-0.15, -0.1) is 0 Å². The van der Waals surface area contributed by atoms with E-state index in [2.05, 4.69) is 46.8 Å². The third kappa shape index (κ3) is 5.64. The van der Waals surface area contributed by atoms with Crippen molar-refractivity contribution in [2.75, 3.05) is 16.0 Å². The molecule has 0 saturated heterocycles. The molecule has 2 amide bonds. The molecule has 0 bridgehead atoms. The zero-order chi connectivity index (χ0) is 31.2. The van der Waals surface area contributed by atoms with Crippen LogP contribution in [0.3, 0.4) is 0 Å². The van der Waals surface area contributed by atoms with Crippen LogP contribution >= 0.6 is 15.9 Å². The van der Waals surface area contributed by atoms with Crippen molar-refractivity contribution in [3.63, 3.8) is 0 Å². The number of nitrogens with one attached hydrogen (secondary N) is 3. The molecule has 1 aliphatic rings. The van der Waals surface area contributed by atoms with Gasteiger partial charge in [0.2, 0.25) is 17.8 Å². The van der Waals surface area contributed by atoms with Gasteiger partial charge in [-0.05, 0) is 88.2 Å². The quantitative estimate of drug-likeness (QED) is 0.148. The fraction of sp³-hybridized carbons (Fsp3) is 0.219. The van der Waals surface area contributed by atoms with Gasteiger partial charge in [0.1, 0.15) is 22.5 Å². The molecular weight excluding hydrogens is 632 g/mol. The fourth-order valence-corrected chi connectivity index (χ4v) is 5.60. The highest BCUT2D eigenvalue weighted by atomic mass is 79.9. The number of aryl methyl sites for hydroxylation is 1. The number of imidazole rings is 1. The van der Waals surface area contributed by atoms with E-state index in [4.69, 9.17) is 0 Å². The van der Waals surface area contributed by atoms with Gasteiger partial charge in [-0.25, -0.2) is 23.7 Å². The minimum atomic E-state index is -1.12. The highest BCUT2D eigenvalue weighted by Crippen LogP contribution is 2.47. The Balaban J connectivity index is 1.16. The van der Waals surface area contributed by atoms with E-state index < -0.39 is 17.0 Å². The Bertz CT molecular complexity index is 1920. The van der Waals surface area contributed by atoms with Crippen LogP contribution in [0.4, 0.5) is 31.8 Å². The molecule has 5 aromatic rings. The number of carbonyl (C=O) groups excluding carboxylic acids is 2. The van der Waals surface area contributed by atoms with Crippen LogP contribution in [0, 0.1) is 24.0 Å². The molecule has 6 rings (SSSR count). The van der Waals surface area contributed by atoms with Gasteiger partial charge in [-0.3, -0.25) is 9.59 Å². The van der Waals surface area contributed by atoms with E-state index in [1.807, 2.05) is 24.5 Å². The average Bonchev–Trinajstić information content (AvgIpc) is 3.72. The van der Waals surface area contributed by atoms with Crippen LogP contribution in [0.1, 0.15) is 38.6 Å². The molecule has 0 spiro atoms. The first-order valence-electron chi connectivity index (χ1n) is 14.0. The SMILES string of the molecule is Cc1nc2c(F)cc(-c3nc(Nc4ccc(NC(=O)C5(C(=O)Nc6cccc(Br)c6)CC5)cc4)ncc3F)cc2n1C(C)C. The number of benzene rings is 3. The van der Waals surface area contributed by atoms with E-state index in [0.29, 0.717) is 41.2 Å². The fourth-order valence-electron chi connectivity index (χ4n) is 5.20. The zero-order valence-corrected chi connectivity index (χ0v) is 25.7. The van der Waals surface area contributed by atoms with E-state index >= 15 is 4.39 Å². The van der Waals surface area contributed by atoms with Crippen LogP contribution in [-0.4, -0.2) is 31.3 Å². The van der Waals surface area contributed by atoms with E-state index in [0.717, 1.165) is 10.7 Å². The van der Waals surface area contributed by atoms with Gasteiger partial charge in [-0.2, -0.15) is 0 Å². The maximum absolute atomic E-state index is 15.0. The van der Waals surface area contributed by atoms with E-state index in [-0.39, 0.29) is 40.6 Å². The van der Waals surface area contributed by atoms with Crippen molar-refractivity contribution in [2.24, 2.45) is 5.41 Å². The Morgan fingerprint density at radius 3 is 2.25 bits per heavy atom. The third-order valence-electron chi connectivity index (χ3n) is 7.56. The first-order valence-corrected chi connectivity index (χ1v) is 14.8. The normalized spacial score (nSPS) is 13.6.